The summed E-state index contributed by atoms with van der Waals surface area (Å²) in [5, 5.41) is 8.90. The van der Waals surface area contributed by atoms with Crippen LogP contribution in [-0.2, 0) is 37.5 Å². The highest BCUT2D eigenvalue weighted by Gasteiger charge is 2.28. The van der Waals surface area contributed by atoms with Crippen molar-refractivity contribution in [1.82, 2.24) is 0 Å². The number of esters is 2. The van der Waals surface area contributed by atoms with Crippen molar-refractivity contribution >= 4 is 25.7 Å². The zero-order valence-electron chi connectivity index (χ0n) is 37.1. The number of allylic oxidation sites excluding steroid dienone is 8. The smallest absolute Gasteiger partial charge is 0.472 e. The molecule has 0 fully saturated rings. The van der Waals surface area contributed by atoms with Crippen molar-refractivity contribution in [3.05, 3.63) is 48.6 Å². The Kier molecular flexibility index (Phi) is 40.3. The highest BCUT2D eigenvalue weighted by atomic mass is 31.2. The van der Waals surface area contributed by atoms with Crippen LogP contribution in [-0.4, -0.2) is 59.9 Å². The van der Waals surface area contributed by atoms with Crippen LogP contribution in [0.5, 0.6) is 0 Å². The molecule has 4 N–H and O–H groups in total. The van der Waals surface area contributed by atoms with Gasteiger partial charge in [-0.1, -0.05) is 184 Å². The van der Waals surface area contributed by atoms with Gasteiger partial charge in [-0.25, -0.2) is 4.57 Å². The minimum Gasteiger partial charge on any atom is -0.480 e. The summed E-state index contributed by atoms with van der Waals surface area (Å²) in [7, 11) is -4.72. The van der Waals surface area contributed by atoms with E-state index in [1.54, 1.807) is 0 Å². The molecule has 0 aromatic carbocycles. The van der Waals surface area contributed by atoms with E-state index in [1.807, 2.05) is 0 Å². The summed E-state index contributed by atoms with van der Waals surface area (Å²) in [5.41, 5.74) is 5.34. The van der Waals surface area contributed by atoms with E-state index in [9.17, 15) is 23.8 Å². The molecule has 11 nitrogen and oxygen atoms in total. The Hall–Kier alpha value is -2.56. The van der Waals surface area contributed by atoms with Gasteiger partial charge < -0.3 is 25.2 Å². The molecule has 0 aliphatic carbocycles. The second-order valence-electron chi connectivity index (χ2n) is 15.5. The van der Waals surface area contributed by atoms with Crippen LogP contribution in [0, 0.1) is 0 Å². The van der Waals surface area contributed by atoms with Crippen LogP contribution < -0.4 is 5.73 Å². The third-order valence-electron chi connectivity index (χ3n) is 9.84. The van der Waals surface area contributed by atoms with E-state index >= 15 is 0 Å². The maximum absolute atomic E-state index is 12.7. The first kappa shape index (κ1) is 56.4. The number of carboxylic acids is 1. The summed E-state index contributed by atoms with van der Waals surface area (Å²) in [6, 6.07) is -1.52. The lowest BCUT2D eigenvalue weighted by Gasteiger charge is -2.20. The van der Waals surface area contributed by atoms with Crippen LogP contribution in [0.15, 0.2) is 48.6 Å². The molecule has 0 aliphatic rings. The van der Waals surface area contributed by atoms with Crippen LogP contribution in [0.4, 0.5) is 0 Å². The van der Waals surface area contributed by atoms with Crippen molar-refractivity contribution in [2.75, 3.05) is 19.8 Å². The number of ether oxygens (including phenoxy) is 2. The summed E-state index contributed by atoms with van der Waals surface area (Å²) in [4.78, 5) is 46.0. The normalized spacial score (nSPS) is 14.1. The lowest BCUT2D eigenvalue weighted by molar-refractivity contribution is -0.161. The summed E-state index contributed by atoms with van der Waals surface area (Å²) in [6.45, 7) is 2.70. The molecule has 12 heteroatoms. The zero-order valence-corrected chi connectivity index (χ0v) is 38.0. The Morgan fingerprint density at radius 2 is 0.949 bits per heavy atom. The van der Waals surface area contributed by atoms with Crippen molar-refractivity contribution in [2.45, 2.75) is 212 Å². The van der Waals surface area contributed by atoms with Gasteiger partial charge in [-0.05, 0) is 51.4 Å². The van der Waals surface area contributed by atoms with E-state index in [1.165, 1.54) is 83.5 Å². The molecule has 342 valence electrons. The molecule has 0 aromatic heterocycles. The Morgan fingerprint density at radius 3 is 1.42 bits per heavy atom. The minimum absolute atomic E-state index is 0.152. The fourth-order valence-corrected chi connectivity index (χ4v) is 7.01. The SMILES string of the molecule is CC/C=C\C/C=C\C/C=C\C/C=C\CCCCCCCCCCC(=O)OC(COC(=O)CCCCCCCCCCCCCCCC)COP(=O)(O)OCC(N)C(=O)O. The number of hydrogen-bond donors (Lipinski definition) is 3. The molecule has 0 spiro atoms. The van der Waals surface area contributed by atoms with Crippen molar-refractivity contribution in [1.29, 1.82) is 0 Å². The lowest BCUT2D eigenvalue weighted by atomic mass is 10.0. The molecule has 0 radical (unpaired) electrons. The Labute approximate surface area is 358 Å². The molecule has 0 aliphatic heterocycles. The van der Waals surface area contributed by atoms with Gasteiger partial charge in [0.05, 0.1) is 13.2 Å². The van der Waals surface area contributed by atoms with Crippen LogP contribution >= 0.6 is 7.82 Å². The fourth-order valence-electron chi connectivity index (χ4n) is 6.23. The topological polar surface area (TPSA) is 172 Å². The van der Waals surface area contributed by atoms with Crippen molar-refractivity contribution in [3.8, 4) is 0 Å². The van der Waals surface area contributed by atoms with Gasteiger partial charge in [0.25, 0.3) is 0 Å². The number of hydrogen-bond acceptors (Lipinski definition) is 9. The van der Waals surface area contributed by atoms with E-state index in [2.05, 4.69) is 67.0 Å². The molecule has 0 saturated carbocycles. The first-order valence-electron chi connectivity index (χ1n) is 23.2. The van der Waals surface area contributed by atoms with Crippen molar-refractivity contribution in [3.63, 3.8) is 0 Å². The highest BCUT2D eigenvalue weighted by Crippen LogP contribution is 2.43. The second-order valence-corrected chi connectivity index (χ2v) is 17.0. The van der Waals surface area contributed by atoms with Gasteiger partial charge in [0, 0.05) is 12.8 Å². The summed E-state index contributed by atoms with van der Waals surface area (Å²) < 4.78 is 32.7. The van der Waals surface area contributed by atoms with Crippen LogP contribution in [0.2, 0.25) is 0 Å². The maximum Gasteiger partial charge on any atom is 0.472 e. The van der Waals surface area contributed by atoms with Crippen LogP contribution in [0.25, 0.3) is 0 Å². The van der Waals surface area contributed by atoms with Crippen LogP contribution in [0.1, 0.15) is 200 Å². The number of phosphoric acid groups is 1. The third-order valence-corrected chi connectivity index (χ3v) is 10.8. The molecule has 0 saturated heterocycles. The number of nitrogens with two attached hydrogens (primary N) is 1. The molecule has 0 amide bonds. The van der Waals surface area contributed by atoms with E-state index in [-0.39, 0.29) is 19.4 Å². The number of aliphatic carboxylic acids is 1. The summed E-state index contributed by atoms with van der Waals surface area (Å²) in [5.74, 6) is -2.38. The van der Waals surface area contributed by atoms with Gasteiger partial charge in [-0.3, -0.25) is 23.4 Å². The molecule has 3 unspecified atom stereocenters. The Balaban J connectivity index is 4.31. The van der Waals surface area contributed by atoms with E-state index < -0.39 is 51.1 Å². The lowest BCUT2D eigenvalue weighted by Crippen LogP contribution is -2.34. The predicted octanol–water partition coefficient (Wildman–Crippen LogP) is 12.6. The predicted molar refractivity (Wildman–Crippen MR) is 240 cm³/mol. The fraction of sp³-hybridized carbons (Fsp3) is 0.766. The molecule has 0 heterocycles. The average molecular weight is 854 g/mol. The van der Waals surface area contributed by atoms with E-state index in [0.29, 0.717) is 12.8 Å². The van der Waals surface area contributed by atoms with Crippen molar-refractivity contribution < 1.29 is 47.5 Å². The van der Waals surface area contributed by atoms with Gasteiger partial charge in [-0.2, -0.15) is 0 Å². The van der Waals surface area contributed by atoms with Gasteiger partial charge in [0.1, 0.15) is 12.6 Å². The molecule has 0 aromatic rings. The zero-order chi connectivity index (χ0) is 43.5. The monoisotopic (exact) mass is 854 g/mol. The third kappa shape index (κ3) is 41.9. The van der Waals surface area contributed by atoms with Gasteiger partial charge in [-0.15, -0.1) is 0 Å². The number of rotatable bonds is 43. The number of phosphoric ester groups is 1. The second kappa shape index (κ2) is 42.1. The molecule has 0 bridgehead atoms. The van der Waals surface area contributed by atoms with Crippen LogP contribution in [0.3, 0.4) is 0 Å². The molecular formula is C47H84NO10P. The molecular weight excluding hydrogens is 769 g/mol. The number of carbonyl (C=O) groups is 3. The number of carbonyl (C=O) groups excluding carboxylic acids is 2. The molecule has 0 rings (SSSR count). The first-order chi connectivity index (χ1) is 28.6. The molecule has 3 atom stereocenters. The largest absolute Gasteiger partial charge is 0.480 e. The van der Waals surface area contributed by atoms with Gasteiger partial charge in [0.15, 0.2) is 6.10 Å². The van der Waals surface area contributed by atoms with E-state index in [4.69, 9.17) is 24.8 Å². The Bertz CT molecular complexity index is 1190. The maximum atomic E-state index is 12.7. The minimum atomic E-state index is -4.72. The summed E-state index contributed by atoms with van der Waals surface area (Å²) >= 11 is 0. The number of carboxylic acid groups (broad SMARTS) is 1. The van der Waals surface area contributed by atoms with Gasteiger partial charge >= 0.3 is 25.7 Å². The number of unbranched alkanes of at least 4 members (excludes halogenated alkanes) is 21. The average Bonchev–Trinajstić information content (AvgIpc) is 3.21. The van der Waals surface area contributed by atoms with Crippen molar-refractivity contribution in [2.24, 2.45) is 5.73 Å². The quantitative estimate of drug-likeness (QED) is 0.0231. The Morgan fingerprint density at radius 1 is 0.542 bits per heavy atom. The van der Waals surface area contributed by atoms with Gasteiger partial charge in [0.2, 0.25) is 0 Å². The summed E-state index contributed by atoms with van der Waals surface area (Å²) in [6.07, 6.45) is 47.4. The standard InChI is InChI=1S/C47H84NO10P/c1-3-5-7-9-11-13-15-17-19-20-21-22-23-24-25-27-29-31-33-35-37-39-46(50)58-43(41-56-59(53,54)57-42-44(48)47(51)52)40-55-45(49)38-36-34-32-30-28-26-18-16-14-12-10-8-6-4-2/h5,7,11,13,17,19,21-22,43-44H,3-4,6,8-10,12,14-16,18,20,23-42,48H2,1-2H3,(H,51,52)(H,53,54)/b7-5-,13-11-,19-17-,22-21-. The first-order valence-corrected chi connectivity index (χ1v) is 24.7. The highest BCUT2D eigenvalue weighted by molar-refractivity contribution is 7.47. The van der Waals surface area contributed by atoms with E-state index in [0.717, 1.165) is 77.0 Å². The molecule has 59 heavy (non-hydrogen) atoms.